The van der Waals surface area contributed by atoms with Gasteiger partial charge >= 0.3 is 0 Å². The van der Waals surface area contributed by atoms with Crippen molar-refractivity contribution in [1.29, 1.82) is 0 Å². The largest absolute Gasteiger partial charge is 0.507 e. The SMILES string of the molecule is CCCCN(CCCC)CCCN1C(=O)C(=O)C(=C(O)c2ccc(Cl)cc2)C1c1ccc(CC)cc1. The lowest BCUT2D eigenvalue weighted by Crippen LogP contribution is -2.34. The van der Waals surface area contributed by atoms with Crippen LogP contribution in [0.5, 0.6) is 0 Å². The van der Waals surface area contributed by atoms with E-state index in [1.807, 2.05) is 24.3 Å². The van der Waals surface area contributed by atoms with Gasteiger partial charge in [-0.3, -0.25) is 9.59 Å². The minimum Gasteiger partial charge on any atom is -0.507 e. The van der Waals surface area contributed by atoms with E-state index < -0.39 is 17.7 Å². The van der Waals surface area contributed by atoms with Gasteiger partial charge in [0.25, 0.3) is 11.7 Å². The number of amides is 1. The molecule has 1 unspecified atom stereocenters. The van der Waals surface area contributed by atoms with E-state index in [4.69, 9.17) is 11.6 Å². The Bertz CT molecular complexity index is 1040. The first-order valence-electron chi connectivity index (χ1n) is 13.3. The number of unbranched alkanes of at least 4 members (excludes halogenated alkanes) is 2. The molecule has 1 atom stereocenters. The molecule has 1 fully saturated rings. The number of likely N-dealkylation sites (tertiary alicyclic amines) is 1. The second kappa shape index (κ2) is 13.6. The number of halogens is 1. The summed E-state index contributed by atoms with van der Waals surface area (Å²) < 4.78 is 0. The molecule has 0 radical (unpaired) electrons. The summed E-state index contributed by atoms with van der Waals surface area (Å²) in [5.41, 5.74) is 2.62. The molecule has 194 valence electrons. The highest BCUT2D eigenvalue weighted by atomic mass is 35.5. The molecule has 0 spiro atoms. The molecule has 1 aliphatic rings. The zero-order valence-electron chi connectivity index (χ0n) is 21.8. The molecule has 1 saturated heterocycles. The third-order valence-corrected chi connectivity index (χ3v) is 7.14. The number of nitrogens with zero attached hydrogens (tertiary/aromatic N) is 2. The predicted molar refractivity (Wildman–Crippen MR) is 147 cm³/mol. The molecule has 1 amide bonds. The van der Waals surface area contributed by atoms with Crippen LogP contribution >= 0.6 is 11.6 Å². The van der Waals surface area contributed by atoms with E-state index in [1.54, 1.807) is 29.2 Å². The number of benzene rings is 2. The van der Waals surface area contributed by atoms with Crippen LogP contribution in [-0.2, 0) is 16.0 Å². The van der Waals surface area contributed by atoms with Crippen molar-refractivity contribution in [2.45, 2.75) is 65.3 Å². The fraction of sp³-hybridized carbons (Fsp3) is 0.467. The minimum atomic E-state index is -0.638. The van der Waals surface area contributed by atoms with Crippen LogP contribution < -0.4 is 0 Å². The summed E-state index contributed by atoms with van der Waals surface area (Å²) in [4.78, 5) is 30.6. The van der Waals surface area contributed by atoms with Crippen molar-refractivity contribution in [3.63, 3.8) is 0 Å². The van der Waals surface area contributed by atoms with Crippen LogP contribution in [0, 0.1) is 0 Å². The molecule has 36 heavy (non-hydrogen) atoms. The van der Waals surface area contributed by atoms with Crippen LogP contribution in [0.4, 0.5) is 0 Å². The summed E-state index contributed by atoms with van der Waals surface area (Å²) in [6.45, 7) is 9.91. The molecule has 2 aromatic rings. The Morgan fingerprint density at radius 3 is 2.03 bits per heavy atom. The highest BCUT2D eigenvalue weighted by Crippen LogP contribution is 2.39. The number of aliphatic hydroxyl groups excluding tert-OH is 1. The number of hydrogen-bond donors (Lipinski definition) is 1. The standard InChI is InChI=1S/C30H39ClN2O3/c1-4-7-18-32(19-8-5-2)20-9-21-33-27(23-12-10-22(6-3)11-13-23)26(29(35)30(33)36)28(34)24-14-16-25(31)17-15-24/h10-17,27,34H,4-9,18-21H2,1-3H3. The Kier molecular flexibility index (Phi) is 10.6. The molecular weight excluding hydrogens is 472 g/mol. The van der Waals surface area contributed by atoms with Crippen molar-refractivity contribution < 1.29 is 14.7 Å². The molecule has 0 bridgehead atoms. The van der Waals surface area contributed by atoms with Crippen LogP contribution in [0.3, 0.4) is 0 Å². The number of aliphatic hydroxyl groups is 1. The molecule has 3 rings (SSSR count). The maximum atomic E-state index is 13.2. The van der Waals surface area contributed by atoms with Crippen LogP contribution in [0.15, 0.2) is 54.1 Å². The monoisotopic (exact) mass is 510 g/mol. The molecule has 1 N–H and O–H groups in total. The Morgan fingerprint density at radius 2 is 1.47 bits per heavy atom. The quantitative estimate of drug-likeness (QED) is 0.187. The van der Waals surface area contributed by atoms with Crippen molar-refractivity contribution in [1.82, 2.24) is 9.80 Å². The number of ketones is 1. The Morgan fingerprint density at radius 1 is 0.889 bits per heavy atom. The number of rotatable bonds is 13. The van der Waals surface area contributed by atoms with E-state index in [0.717, 1.165) is 63.7 Å². The minimum absolute atomic E-state index is 0.139. The number of aryl methyl sites for hydroxylation is 1. The van der Waals surface area contributed by atoms with E-state index in [2.05, 4.69) is 25.7 Å². The summed E-state index contributed by atoms with van der Waals surface area (Å²) >= 11 is 6.02. The van der Waals surface area contributed by atoms with Crippen LogP contribution in [0.1, 0.15) is 75.6 Å². The van der Waals surface area contributed by atoms with Crippen molar-refractivity contribution in [2.75, 3.05) is 26.2 Å². The molecule has 6 heteroatoms. The molecule has 0 saturated carbocycles. The first kappa shape index (κ1) is 27.9. The van der Waals surface area contributed by atoms with Gasteiger partial charge in [-0.1, -0.05) is 69.5 Å². The fourth-order valence-electron chi connectivity index (χ4n) is 4.72. The van der Waals surface area contributed by atoms with Gasteiger partial charge in [-0.2, -0.15) is 0 Å². The summed E-state index contributed by atoms with van der Waals surface area (Å²) in [6, 6.07) is 14.0. The molecule has 2 aromatic carbocycles. The van der Waals surface area contributed by atoms with Crippen molar-refractivity contribution >= 4 is 29.1 Å². The van der Waals surface area contributed by atoms with Gasteiger partial charge in [-0.15, -0.1) is 0 Å². The van der Waals surface area contributed by atoms with Crippen molar-refractivity contribution in [2.24, 2.45) is 0 Å². The molecule has 1 aliphatic heterocycles. The van der Waals surface area contributed by atoms with E-state index >= 15 is 0 Å². The first-order valence-corrected chi connectivity index (χ1v) is 13.6. The van der Waals surface area contributed by atoms with Gasteiger partial charge < -0.3 is 14.9 Å². The number of carbonyl (C=O) groups is 2. The second-order valence-corrected chi connectivity index (χ2v) is 9.93. The zero-order valence-corrected chi connectivity index (χ0v) is 22.6. The lowest BCUT2D eigenvalue weighted by molar-refractivity contribution is -0.140. The topological polar surface area (TPSA) is 60.9 Å². The lowest BCUT2D eigenvalue weighted by atomic mass is 9.94. The van der Waals surface area contributed by atoms with Gasteiger partial charge in [0.05, 0.1) is 11.6 Å². The highest BCUT2D eigenvalue weighted by Gasteiger charge is 2.45. The first-order chi connectivity index (χ1) is 17.4. The average molecular weight is 511 g/mol. The third kappa shape index (κ3) is 6.77. The van der Waals surface area contributed by atoms with Gasteiger partial charge in [-0.25, -0.2) is 0 Å². The lowest BCUT2D eigenvalue weighted by Gasteiger charge is -2.27. The molecular formula is C30H39ClN2O3. The van der Waals surface area contributed by atoms with Crippen LogP contribution in [0.2, 0.25) is 5.02 Å². The fourth-order valence-corrected chi connectivity index (χ4v) is 4.85. The normalized spacial score (nSPS) is 17.4. The highest BCUT2D eigenvalue weighted by molar-refractivity contribution is 6.46. The van der Waals surface area contributed by atoms with Gasteiger partial charge in [0.1, 0.15) is 5.76 Å². The number of hydrogen-bond acceptors (Lipinski definition) is 4. The summed E-state index contributed by atoms with van der Waals surface area (Å²) in [5.74, 6) is -1.35. The van der Waals surface area contributed by atoms with E-state index in [9.17, 15) is 14.7 Å². The Labute approximate surface area is 220 Å². The van der Waals surface area contributed by atoms with E-state index in [-0.39, 0.29) is 11.3 Å². The zero-order chi connectivity index (χ0) is 26.1. The van der Waals surface area contributed by atoms with Gasteiger partial charge in [0.2, 0.25) is 0 Å². The smallest absolute Gasteiger partial charge is 0.295 e. The molecule has 0 aromatic heterocycles. The van der Waals surface area contributed by atoms with Gasteiger partial charge in [-0.05, 0) is 80.7 Å². The predicted octanol–water partition coefficient (Wildman–Crippen LogP) is 6.62. The van der Waals surface area contributed by atoms with Gasteiger partial charge in [0.15, 0.2) is 0 Å². The summed E-state index contributed by atoms with van der Waals surface area (Å²) in [6.07, 6.45) is 6.27. The Hall–Kier alpha value is -2.63. The van der Waals surface area contributed by atoms with E-state index in [0.29, 0.717) is 17.1 Å². The van der Waals surface area contributed by atoms with Crippen LogP contribution in [0.25, 0.3) is 5.76 Å². The number of Topliss-reactive ketones (excluding diaryl/α,β-unsaturated/α-hetero) is 1. The summed E-state index contributed by atoms with van der Waals surface area (Å²) in [5, 5.41) is 11.7. The van der Waals surface area contributed by atoms with Crippen molar-refractivity contribution in [3.8, 4) is 0 Å². The average Bonchev–Trinajstić information content (AvgIpc) is 3.15. The molecule has 5 nitrogen and oxygen atoms in total. The molecule has 0 aliphatic carbocycles. The maximum Gasteiger partial charge on any atom is 0.295 e. The third-order valence-electron chi connectivity index (χ3n) is 6.89. The van der Waals surface area contributed by atoms with Crippen LogP contribution in [-0.4, -0.2) is 52.8 Å². The molecule has 1 heterocycles. The van der Waals surface area contributed by atoms with Crippen molar-refractivity contribution in [3.05, 3.63) is 75.8 Å². The maximum absolute atomic E-state index is 13.2. The number of carbonyl (C=O) groups excluding carboxylic acids is 2. The summed E-state index contributed by atoms with van der Waals surface area (Å²) in [7, 11) is 0. The van der Waals surface area contributed by atoms with Gasteiger partial charge in [0, 0.05) is 17.1 Å². The van der Waals surface area contributed by atoms with E-state index in [1.165, 1.54) is 5.56 Å². The Balaban J connectivity index is 1.91. The second-order valence-electron chi connectivity index (χ2n) is 9.50.